The molecule has 0 aromatic heterocycles. The Morgan fingerprint density at radius 2 is 2.24 bits per heavy atom. The molecular formula is C14H16ClNO. The zero-order valence-corrected chi connectivity index (χ0v) is 10.6. The number of nitrogens with one attached hydrogen (secondary N) is 1. The Morgan fingerprint density at radius 1 is 1.41 bits per heavy atom. The second-order valence-electron chi connectivity index (χ2n) is 4.43. The minimum Gasteiger partial charge on any atom is -0.326 e. The van der Waals surface area contributed by atoms with Gasteiger partial charge in [0, 0.05) is 16.6 Å². The van der Waals surface area contributed by atoms with Crippen LogP contribution in [0.5, 0.6) is 0 Å². The molecule has 0 heterocycles. The minimum atomic E-state index is 0.0957. The highest BCUT2D eigenvalue weighted by Gasteiger charge is 2.19. The summed E-state index contributed by atoms with van der Waals surface area (Å²) in [6.45, 7) is 1.96. The fraction of sp³-hybridized carbons (Fsp3) is 0.357. The molecule has 17 heavy (non-hydrogen) atoms. The molecule has 1 aliphatic rings. The Balaban J connectivity index is 2.07. The molecule has 90 valence electrons. The smallest absolute Gasteiger partial charge is 0.227 e. The van der Waals surface area contributed by atoms with Crippen LogP contribution in [0.4, 0.5) is 5.69 Å². The lowest BCUT2D eigenvalue weighted by Gasteiger charge is -2.18. The fourth-order valence-electron chi connectivity index (χ4n) is 2.00. The molecule has 0 fully saturated rings. The molecule has 2 nitrogen and oxygen atoms in total. The number of hydrogen-bond donors (Lipinski definition) is 1. The van der Waals surface area contributed by atoms with Gasteiger partial charge >= 0.3 is 0 Å². The van der Waals surface area contributed by atoms with Crippen molar-refractivity contribution in [3.63, 3.8) is 0 Å². The summed E-state index contributed by atoms with van der Waals surface area (Å²) in [7, 11) is 0. The monoisotopic (exact) mass is 249 g/mol. The number of carbonyl (C=O) groups is 1. The molecule has 1 aromatic rings. The van der Waals surface area contributed by atoms with E-state index in [4.69, 9.17) is 11.6 Å². The second kappa shape index (κ2) is 5.37. The predicted molar refractivity (Wildman–Crippen MR) is 71.3 cm³/mol. The van der Waals surface area contributed by atoms with Gasteiger partial charge in [-0.15, -0.1) is 0 Å². The molecule has 1 aromatic carbocycles. The molecule has 3 heteroatoms. The van der Waals surface area contributed by atoms with E-state index < -0.39 is 0 Å². The number of aryl methyl sites for hydroxylation is 1. The molecule has 0 spiro atoms. The quantitative estimate of drug-likeness (QED) is 0.791. The summed E-state index contributed by atoms with van der Waals surface area (Å²) in [6.07, 6.45) is 6.98. The van der Waals surface area contributed by atoms with Crippen LogP contribution in [-0.2, 0) is 4.79 Å². The maximum atomic E-state index is 12.0. The third-order valence-electron chi connectivity index (χ3n) is 3.10. The molecule has 0 saturated heterocycles. The summed E-state index contributed by atoms with van der Waals surface area (Å²) in [6, 6.07) is 5.54. The summed E-state index contributed by atoms with van der Waals surface area (Å²) < 4.78 is 0. The Morgan fingerprint density at radius 3 is 2.94 bits per heavy atom. The van der Waals surface area contributed by atoms with Gasteiger partial charge < -0.3 is 5.32 Å². The van der Waals surface area contributed by atoms with Gasteiger partial charge in [0.15, 0.2) is 0 Å². The van der Waals surface area contributed by atoms with Gasteiger partial charge in [-0.2, -0.15) is 0 Å². The summed E-state index contributed by atoms with van der Waals surface area (Å²) in [5.41, 5.74) is 1.85. The van der Waals surface area contributed by atoms with E-state index in [-0.39, 0.29) is 11.8 Å². The Bertz CT molecular complexity index is 454. The van der Waals surface area contributed by atoms with Crippen molar-refractivity contribution in [3.8, 4) is 0 Å². The average molecular weight is 250 g/mol. The molecule has 1 amide bonds. The number of carbonyl (C=O) groups excluding carboxylic acids is 1. The third kappa shape index (κ3) is 3.10. The van der Waals surface area contributed by atoms with Crippen molar-refractivity contribution in [3.05, 3.63) is 40.9 Å². The van der Waals surface area contributed by atoms with Crippen LogP contribution in [0.3, 0.4) is 0 Å². The maximum absolute atomic E-state index is 12.0. The number of anilines is 1. The van der Waals surface area contributed by atoms with Gasteiger partial charge in [0.25, 0.3) is 0 Å². The first-order chi connectivity index (χ1) is 8.16. The summed E-state index contributed by atoms with van der Waals surface area (Å²) in [4.78, 5) is 12.0. The minimum absolute atomic E-state index is 0.0957. The van der Waals surface area contributed by atoms with Crippen molar-refractivity contribution in [2.24, 2.45) is 5.92 Å². The number of allylic oxidation sites excluding steroid dienone is 2. The zero-order valence-electron chi connectivity index (χ0n) is 9.87. The molecular weight excluding hydrogens is 234 g/mol. The van der Waals surface area contributed by atoms with Crippen LogP contribution in [0.25, 0.3) is 0 Å². The molecule has 1 aliphatic carbocycles. The van der Waals surface area contributed by atoms with Crippen LogP contribution in [-0.4, -0.2) is 5.91 Å². The summed E-state index contributed by atoms with van der Waals surface area (Å²) in [5, 5.41) is 3.61. The second-order valence-corrected chi connectivity index (χ2v) is 4.87. The van der Waals surface area contributed by atoms with E-state index in [0.717, 1.165) is 30.5 Å². The fourth-order valence-corrected chi connectivity index (χ4v) is 2.17. The Labute approximate surface area is 107 Å². The average Bonchev–Trinajstić information content (AvgIpc) is 2.35. The van der Waals surface area contributed by atoms with E-state index >= 15 is 0 Å². The van der Waals surface area contributed by atoms with E-state index in [9.17, 15) is 4.79 Å². The van der Waals surface area contributed by atoms with Gasteiger partial charge in [-0.1, -0.05) is 29.8 Å². The van der Waals surface area contributed by atoms with Crippen LogP contribution in [0.15, 0.2) is 30.4 Å². The largest absolute Gasteiger partial charge is 0.326 e. The van der Waals surface area contributed by atoms with Gasteiger partial charge in [-0.3, -0.25) is 4.79 Å². The van der Waals surface area contributed by atoms with Crippen molar-refractivity contribution in [1.82, 2.24) is 0 Å². The summed E-state index contributed by atoms with van der Waals surface area (Å²) in [5.74, 6) is 0.193. The molecule has 2 rings (SSSR count). The van der Waals surface area contributed by atoms with Crippen molar-refractivity contribution >= 4 is 23.2 Å². The Kier molecular flexibility index (Phi) is 3.85. The number of benzene rings is 1. The topological polar surface area (TPSA) is 29.1 Å². The highest BCUT2D eigenvalue weighted by molar-refractivity contribution is 6.31. The van der Waals surface area contributed by atoms with Gasteiger partial charge in [-0.05, 0) is 43.9 Å². The SMILES string of the molecule is Cc1ccc(Cl)cc1NC(=O)C1CC=CCC1. The van der Waals surface area contributed by atoms with Crippen LogP contribution in [0.1, 0.15) is 24.8 Å². The van der Waals surface area contributed by atoms with E-state index in [1.807, 2.05) is 19.1 Å². The van der Waals surface area contributed by atoms with E-state index in [2.05, 4.69) is 17.5 Å². The number of hydrogen-bond acceptors (Lipinski definition) is 1. The standard InChI is InChI=1S/C14H16ClNO/c1-10-7-8-12(15)9-13(10)16-14(17)11-5-3-2-4-6-11/h2-3,7-9,11H,4-6H2,1H3,(H,16,17). The lowest BCUT2D eigenvalue weighted by atomic mass is 9.93. The highest BCUT2D eigenvalue weighted by Crippen LogP contribution is 2.23. The van der Waals surface area contributed by atoms with Crippen LogP contribution in [0, 0.1) is 12.8 Å². The molecule has 1 atom stereocenters. The van der Waals surface area contributed by atoms with Gasteiger partial charge in [0.05, 0.1) is 0 Å². The number of rotatable bonds is 2. The van der Waals surface area contributed by atoms with E-state index in [0.29, 0.717) is 5.02 Å². The first-order valence-electron chi connectivity index (χ1n) is 5.89. The predicted octanol–water partition coefficient (Wildman–Crippen LogP) is 3.94. The van der Waals surface area contributed by atoms with Crippen molar-refractivity contribution in [2.45, 2.75) is 26.2 Å². The van der Waals surface area contributed by atoms with Gasteiger partial charge in [0.1, 0.15) is 0 Å². The van der Waals surface area contributed by atoms with Crippen LogP contribution < -0.4 is 5.32 Å². The molecule has 0 saturated carbocycles. The van der Waals surface area contributed by atoms with E-state index in [1.165, 1.54) is 0 Å². The molecule has 0 bridgehead atoms. The maximum Gasteiger partial charge on any atom is 0.227 e. The lowest BCUT2D eigenvalue weighted by molar-refractivity contribution is -0.120. The molecule has 1 N–H and O–H groups in total. The van der Waals surface area contributed by atoms with Gasteiger partial charge in [-0.25, -0.2) is 0 Å². The van der Waals surface area contributed by atoms with Crippen molar-refractivity contribution in [1.29, 1.82) is 0 Å². The highest BCUT2D eigenvalue weighted by atomic mass is 35.5. The van der Waals surface area contributed by atoms with Gasteiger partial charge in [0.2, 0.25) is 5.91 Å². The van der Waals surface area contributed by atoms with E-state index in [1.54, 1.807) is 6.07 Å². The Hall–Kier alpha value is -1.28. The normalized spacial score (nSPS) is 19.1. The molecule has 1 unspecified atom stereocenters. The van der Waals surface area contributed by atoms with Crippen LogP contribution >= 0.6 is 11.6 Å². The van der Waals surface area contributed by atoms with Crippen molar-refractivity contribution in [2.75, 3.05) is 5.32 Å². The lowest BCUT2D eigenvalue weighted by Crippen LogP contribution is -2.23. The van der Waals surface area contributed by atoms with Crippen molar-refractivity contribution < 1.29 is 4.79 Å². The first-order valence-corrected chi connectivity index (χ1v) is 6.26. The number of amides is 1. The zero-order chi connectivity index (χ0) is 12.3. The number of halogens is 1. The first kappa shape index (κ1) is 12.2. The summed E-state index contributed by atoms with van der Waals surface area (Å²) >= 11 is 5.92. The third-order valence-corrected chi connectivity index (χ3v) is 3.33. The van der Waals surface area contributed by atoms with Crippen LogP contribution in [0.2, 0.25) is 5.02 Å². The molecule has 0 aliphatic heterocycles. The molecule has 0 radical (unpaired) electrons.